The molecule has 0 spiro atoms. The monoisotopic (exact) mass is 360 g/mol. The lowest BCUT2D eigenvalue weighted by Gasteiger charge is -2.33. The Kier molecular flexibility index (Phi) is 3.44. The van der Waals surface area contributed by atoms with Crippen LogP contribution < -0.4 is 11.1 Å². The van der Waals surface area contributed by atoms with Crippen LogP contribution in [0.2, 0.25) is 0 Å². The van der Waals surface area contributed by atoms with E-state index in [0.717, 1.165) is 5.69 Å². The van der Waals surface area contributed by atoms with Crippen LogP contribution in [0, 0.1) is 0 Å². The van der Waals surface area contributed by atoms with Gasteiger partial charge in [0.25, 0.3) is 0 Å². The minimum Gasteiger partial charge on any atom is -0.349 e. The van der Waals surface area contributed by atoms with Gasteiger partial charge in [0.1, 0.15) is 0 Å². The van der Waals surface area contributed by atoms with Crippen LogP contribution >= 0.6 is 0 Å². The molecule has 1 atom stereocenters. The summed E-state index contributed by atoms with van der Waals surface area (Å²) in [6.45, 7) is 2.80. The first kappa shape index (κ1) is 15.9. The number of hydrogen-bond acceptors (Lipinski definition) is 4. The van der Waals surface area contributed by atoms with Crippen LogP contribution in [0.15, 0.2) is 51.0 Å². The van der Waals surface area contributed by atoms with E-state index in [4.69, 9.17) is 0 Å². The molecule has 0 fully saturated rings. The number of H-pyrrole nitrogens is 2. The number of aromatic nitrogens is 3. The molecule has 8 nitrogen and oxygen atoms in total. The van der Waals surface area contributed by atoms with E-state index in [9.17, 15) is 18.0 Å². The Hall–Kier alpha value is -2.65. The molecule has 1 unspecified atom stereocenters. The number of fused-ring (bicyclic) bond motifs is 2. The number of rotatable bonds is 2. The lowest BCUT2D eigenvalue weighted by Crippen LogP contribution is -2.40. The summed E-state index contributed by atoms with van der Waals surface area (Å²) in [5.74, 6) is 0. The summed E-state index contributed by atoms with van der Waals surface area (Å²) >= 11 is 0. The molecule has 130 valence electrons. The van der Waals surface area contributed by atoms with Crippen LogP contribution in [0.1, 0.15) is 18.7 Å². The fourth-order valence-corrected chi connectivity index (χ4v) is 4.90. The maximum Gasteiger partial charge on any atom is 0.314 e. The van der Waals surface area contributed by atoms with Crippen molar-refractivity contribution < 1.29 is 8.42 Å². The summed E-state index contributed by atoms with van der Waals surface area (Å²) in [5.41, 5.74) is 0.0101. The van der Waals surface area contributed by atoms with Gasteiger partial charge in [0, 0.05) is 25.0 Å². The van der Waals surface area contributed by atoms with E-state index in [-0.39, 0.29) is 16.5 Å². The Labute approximate surface area is 142 Å². The molecule has 1 aliphatic heterocycles. The topological polar surface area (TPSA) is 108 Å². The van der Waals surface area contributed by atoms with Gasteiger partial charge in [-0.2, -0.15) is 4.31 Å². The predicted octanol–water partition coefficient (Wildman–Crippen LogP) is 0.783. The van der Waals surface area contributed by atoms with Crippen molar-refractivity contribution in [1.29, 1.82) is 0 Å². The second-order valence-corrected chi connectivity index (χ2v) is 7.92. The highest BCUT2D eigenvalue weighted by molar-refractivity contribution is 7.89. The van der Waals surface area contributed by atoms with E-state index in [2.05, 4.69) is 9.97 Å². The molecule has 25 heavy (non-hydrogen) atoms. The van der Waals surface area contributed by atoms with Crippen LogP contribution in [0.4, 0.5) is 0 Å². The third kappa shape index (κ3) is 2.43. The molecule has 4 rings (SSSR count). The Morgan fingerprint density at radius 1 is 1.04 bits per heavy atom. The molecule has 3 aromatic rings. The SMILES string of the molecule is CC1c2cccn2CCN1S(=O)(=O)c1ccc2[nH]c(=O)c(=O)[nH]c2c1. The van der Waals surface area contributed by atoms with Crippen molar-refractivity contribution in [1.82, 2.24) is 18.8 Å². The second-order valence-electron chi connectivity index (χ2n) is 6.03. The smallest absolute Gasteiger partial charge is 0.314 e. The van der Waals surface area contributed by atoms with Gasteiger partial charge in [-0.15, -0.1) is 0 Å². The van der Waals surface area contributed by atoms with Gasteiger partial charge in [0.15, 0.2) is 0 Å². The number of benzene rings is 1. The third-order valence-electron chi connectivity index (χ3n) is 4.59. The molecule has 1 aliphatic rings. The molecule has 0 radical (unpaired) electrons. The first-order valence-corrected chi connectivity index (χ1v) is 9.25. The van der Waals surface area contributed by atoms with Crippen molar-refractivity contribution in [2.75, 3.05) is 6.54 Å². The van der Waals surface area contributed by atoms with E-state index in [1.54, 1.807) is 0 Å². The Morgan fingerprint density at radius 3 is 2.52 bits per heavy atom. The molecule has 0 saturated heterocycles. The maximum absolute atomic E-state index is 13.1. The van der Waals surface area contributed by atoms with Crippen LogP contribution in [0.5, 0.6) is 0 Å². The van der Waals surface area contributed by atoms with Gasteiger partial charge in [-0.25, -0.2) is 8.42 Å². The first-order chi connectivity index (χ1) is 11.9. The maximum atomic E-state index is 13.1. The van der Waals surface area contributed by atoms with Gasteiger partial charge < -0.3 is 14.5 Å². The molecular weight excluding hydrogens is 344 g/mol. The number of aromatic amines is 2. The minimum absolute atomic E-state index is 0.0783. The van der Waals surface area contributed by atoms with Crippen molar-refractivity contribution >= 4 is 21.1 Å². The zero-order valence-corrected chi connectivity index (χ0v) is 14.2. The summed E-state index contributed by atoms with van der Waals surface area (Å²) in [6.07, 6.45) is 1.94. The van der Waals surface area contributed by atoms with Crippen molar-refractivity contribution in [3.05, 3.63) is 62.9 Å². The van der Waals surface area contributed by atoms with Gasteiger partial charge in [-0.1, -0.05) is 0 Å². The first-order valence-electron chi connectivity index (χ1n) is 7.81. The Balaban J connectivity index is 1.81. The van der Waals surface area contributed by atoms with Crippen LogP contribution in [0.25, 0.3) is 11.0 Å². The summed E-state index contributed by atoms with van der Waals surface area (Å²) in [5, 5.41) is 0. The summed E-state index contributed by atoms with van der Waals surface area (Å²) in [6, 6.07) is 7.82. The molecule has 2 N–H and O–H groups in total. The van der Waals surface area contributed by atoms with Crippen molar-refractivity contribution in [2.45, 2.75) is 24.4 Å². The van der Waals surface area contributed by atoms with Gasteiger partial charge in [-0.3, -0.25) is 9.59 Å². The quantitative estimate of drug-likeness (QED) is 0.659. The Bertz CT molecular complexity index is 1190. The summed E-state index contributed by atoms with van der Waals surface area (Å²) in [4.78, 5) is 27.8. The molecule has 9 heteroatoms. The Morgan fingerprint density at radius 2 is 1.76 bits per heavy atom. The van der Waals surface area contributed by atoms with Crippen molar-refractivity contribution in [3.8, 4) is 0 Å². The normalized spacial score (nSPS) is 18.4. The number of nitrogens with zero attached hydrogens (tertiary/aromatic N) is 2. The molecule has 0 amide bonds. The minimum atomic E-state index is -3.74. The standard InChI is InChI=1S/C16H16N4O4S/c1-10-14-3-2-6-19(14)7-8-20(10)25(23,24)11-4-5-12-13(9-11)18-16(22)15(21)17-12/h2-6,9-10H,7-8H2,1H3,(H,17,21)(H,18,22). The van der Waals surface area contributed by atoms with Crippen LogP contribution in [-0.2, 0) is 16.6 Å². The summed E-state index contributed by atoms with van der Waals surface area (Å²) in [7, 11) is -3.74. The number of hydrogen-bond donors (Lipinski definition) is 2. The van der Waals surface area contributed by atoms with Crippen molar-refractivity contribution in [3.63, 3.8) is 0 Å². The van der Waals surface area contributed by atoms with E-state index in [1.807, 2.05) is 29.8 Å². The van der Waals surface area contributed by atoms with E-state index < -0.39 is 21.1 Å². The summed E-state index contributed by atoms with van der Waals surface area (Å²) < 4.78 is 29.6. The number of sulfonamides is 1. The van der Waals surface area contributed by atoms with Gasteiger partial charge in [0.05, 0.1) is 22.0 Å². The zero-order valence-electron chi connectivity index (χ0n) is 13.4. The highest BCUT2D eigenvalue weighted by Crippen LogP contribution is 2.31. The van der Waals surface area contributed by atoms with E-state index >= 15 is 0 Å². The third-order valence-corrected chi connectivity index (χ3v) is 6.55. The van der Waals surface area contributed by atoms with Crippen LogP contribution in [-0.4, -0.2) is 33.8 Å². The fraction of sp³-hybridized carbons (Fsp3) is 0.250. The number of nitrogens with one attached hydrogen (secondary N) is 2. The molecule has 2 aromatic heterocycles. The highest BCUT2D eigenvalue weighted by Gasteiger charge is 2.34. The molecule has 0 bridgehead atoms. The predicted molar refractivity (Wildman–Crippen MR) is 91.9 cm³/mol. The van der Waals surface area contributed by atoms with Gasteiger partial charge in [0.2, 0.25) is 10.0 Å². The van der Waals surface area contributed by atoms with Crippen molar-refractivity contribution in [2.24, 2.45) is 0 Å². The molecule has 0 saturated carbocycles. The van der Waals surface area contributed by atoms with E-state index in [0.29, 0.717) is 18.6 Å². The lowest BCUT2D eigenvalue weighted by molar-refractivity contribution is 0.282. The van der Waals surface area contributed by atoms with Gasteiger partial charge >= 0.3 is 11.1 Å². The van der Waals surface area contributed by atoms with Crippen LogP contribution in [0.3, 0.4) is 0 Å². The largest absolute Gasteiger partial charge is 0.349 e. The zero-order chi connectivity index (χ0) is 17.8. The molecule has 3 heterocycles. The van der Waals surface area contributed by atoms with Gasteiger partial charge in [-0.05, 0) is 37.3 Å². The fourth-order valence-electron chi connectivity index (χ4n) is 3.28. The second kappa shape index (κ2) is 5.43. The molecule has 1 aromatic carbocycles. The highest BCUT2D eigenvalue weighted by atomic mass is 32.2. The lowest BCUT2D eigenvalue weighted by atomic mass is 10.2. The van der Waals surface area contributed by atoms with E-state index in [1.165, 1.54) is 22.5 Å². The molecular formula is C16H16N4O4S. The average Bonchev–Trinajstić information content (AvgIpc) is 3.05. The average molecular weight is 360 g/mol. The molecule has 0 aliphatic carbocycles.